The zero-order chi connectivity index (χ0) is 13.9. The Morgan fingerprint density at radius 2 is 1.85 bits per heavy atom. The lowest BCUT2D eigenvalue weighted by molar-refractivity contribution is 0.883. The molecule has 0 saturated heterocycles. The molecule has 0 saturated carbocycles. The van der Waals surface area contributed by atoms with E-state index in [9.17, 15) is 0 Å². The van der Waals surface area contributed by atoms with Crippen LogP contribution in [0, 0.1) is 0 Å². The van der Waals surface area contributed by atoms with E-state index in [1.165, 1.54) is 5.56 Å². The van der Waals surface area contributed by atoms with Crippen LogP contribution in [0.3, 0.4) is 0 Å². The van der Waals surface area contributed by atoms with Crippen molar-refractivity contribution in [1.29, 1.82) is 0 Å². The molecule has 0 unspecified atom stereocenters. The molecule has 2 aromatic carbocycles. The third kappa shape index (κ3) is 2.69. The van der Waals surface area contributed by atoms with Crippen LogP contribution in [0.4, 0.5) is 5.69 Å². The highest BCUT2D eigenvalue weighted by molar-refractivity contribution is 7.07. The van der Waals surface area contributed by atoms with Crippen molar-refractivity contribution in [3.05, 3.63) is 69.8 Å². The number of hydrogen-bond donors (Lipinski definition) is 0. The molecule has 0 aliphatic carbocycles. The number of benzene rings is 2. The van der Waals surface area contributed by atoms with E-state index in [-0.39, 0.29) is 0 Å². The molecule has 20 heavy (non-hydrogen) atoms. The number of nitrogens with zero attached hydrogens (tertiary/aromatic N) is 2. The van der Waals surface area contributed by atoms with Crippen LogP contribution in [0.2, 0.25) is 5.02 Å². The van der Waals surface area contributed by atoms with Gasteiger partial charge in [0.25, 0.3) is 0 Å². The summed E-state index contributed by atoms with van der Waals surface area (Å²) in [5, 5.41) is 2.83. The minimum Gasteiger partial charge on any atom is -0.320 e. The number of aromatic nitrogens is 1. The first-order valence-electron chi connectivity index (χ1n) is 6.24. The predicted molar refractivity (Wildman–Crippen MR) is 85.4 cm³/mol. The lowest BCUT2D eigenvalue weighted by atomic mass is 10.2. The average molecular weight is 301 g/mol. The summed E-state index contributed by atoms with van der Waals surface area (Å²) in [5.74, 6) is 0. The third-order valence-electron chi connectivity index (χ3n) is 3.03. The van der Waals surface area contributed by atoms with E-state index in [2.05, 4.69) is 27.1 Å². The Kier molecular flexibility index (Phi) is 3.72. The maximum absolute atomic E-state index is 5.99. The smallest absolute Gasteiger partial charge is 0.190 e. The van der Waals surface area contributed by atoms with Crippen LogP contribution in [-0.2, 0) is 7.05 Å². The van der Waals surface area contributed by atoms with Crippen LogP contribution in [0.25, 0.3) is 11.3 Å². The summed E-state index contributed by atoms with van der Waals surface area (Å²) in [6.45, 7) is 0. The molecule has 3 aromatic rings. The Morgan fingerprint density at radius 1 is 1.05 bits per heavy atom. The molecule has 1 aromatic heterocycles. The summed E-state index contributed by atoms with van der Waals surface area (Å²) in [5.41, 5.74) is 3.23. The first-order chi connectivity index (χ1) is 9.74. The van der Waals surface area contributed by atoms with Crippen molar-refractivity contribution in [2.75, 3.05) is 0 Å². The Morgan fingerprint density at radius 3 is 2.60 bits per heavy atom. The van der Waals surface area contributed by atoms with Gasteiger partial charge in [-0.15, -0.1) is 11.3 Å². The van der Waals surface area contributed by atoms with Crippen LogP contribution in [0.15, 0.2) is 65.0 Å². The van der Waals surface area contributed by atoms with Crippen molar-refractivity contribution in [1.82, 2.24) is 4.57 Å². The predicted octanol–water partition coefficient (Wildman–Crippen LogP) is 4.64. The Bertz CT molecular complexity index is 787. The molecular weight excluding hydrogens is 288 g/mol. The lowest BCUT2D eigenvalue weighted by Crippen LogP contribution is -2.10. The topological polar surface area (TPSA) is 17.3 Å². The van der Waals surface area contributed by atoms with Crippen molar-refractivity contribution in [3.63, 3.8) is 0 Å². The first kappa shape index (κ1) is 13.2. The van der Waals surface area contributed by atoms with Gasteiger partial charge in [0.2, 0.25) is 0 Å². The summed E-state index contributed by atoms with van der Waals surface area (Å²) in [6.07, 6.45) is 0. The number of halogens is 1. The van der Waals surface area contributed by atoms with E-state index in [1.807, 2.05) is 49.5 Å². The van der Waals surface area contributed by atoms with Crippen molar-refractivity contribution >= 4 is 28.6 Å². The van der Waals surface area contributed by atoms with E-state index < -0.39 is 0 Å². The van der Waals surface area contributed by atoms with Gasteiger partial charge < -0.3 is 4.57 Å². The van der Waals surface area contributed by atoms with Gasteiger partial charge in [-0.25, -0.2) is 4.99 Å². The van der Waals surface area contributed by atoms with Crippen LogP contribution < -0.4 is 4.80 Å². The van der Waals surface area contributed by atoms with E-state index in [4.69, 9.17) is 11.6 Å². The fourth-order valence-corrected chi connectivity index (χ4v) is 3.11. The molecule has 0 aliphatic heterocycles. The molecule has 0 N–H and O–H groups in total. The van der Waals surface area contributed by atoms with Crippen molar-refractivity contribution in [2.45, 2.75) is 0 Å². The number of thiazole rings is 1. The van der Waals surface area contributed by atoms with Gasteiger partial charge in [0.1, 0.15) is 0 Å². The van der Waals surface area contributed by atoms with Gasteiger partial charge in [0.05, 0.1) is 11.4 Å². The van der Waals surface area contributed by atoms with E-state index in [0.717, 1.165) is 16.2 Å². The zero-order valence-electron chi connectivity index (χ0n) is 11.0. The molecule has 0 aliphatic rings. The van der Waals surface area contributed by atoms with Gasteiger partial charge in [-0.1, -0.05) is 48.0 Å². The Balaban J connectivity index is 2.07. The van der Waals surface area contributed by atoms with Crippen LogP contribution in [-0.4, -0.2) is 4.57 Å². The minimum atomic E-state index is 0.703. The number of rotatable bonds is 2. The van der Waals surface area contributed by atoms with Crippen LogP contribution in [0.1, 0.15) is 0 Å². The standard InChI is InChI=1S/C16H13ClN2S/c1-19-15(12-6-3-2-4-7-12)11-20-16(19)18-14-9-5-8-13(17)10-14/h2-11H,1H3. The second kappa shape index (κ2) is 5.65. The summed E-state index contributed by atoms with van der Waals surface area (Å²) < 4.78 is 2.10. The van der Waals surface area contributed by atoms with Gasteiger partial charge in [0.15, 0.2) is 4.80 Å². The average Bonchev–Trinajstić information content (AvgIpc) is 2.81. The van der Waals surface area contributed by atoms with Crippen molar-refractivity contribution in [3.8, 4) is 11.3 Å². The van der Waals surface area contributed by atoms with Gasteiger partial charge in [-0.05, 0) is 23.8 Å². The maximum atomic E-state index is 5.99. The molecule has 2 nitrogen and oxygen atoms in total. The second-order valence-corrected chi connectivity index (χ2v) is 5.69. The molecule has 0 atom stereocenters. The quantitative estimate of drug-likeness (QED) is 0.656. The molecule has 0 radical (unpaired) electrons. The molecule has 1 heterocycles. The maximum Gasteiger partial charge on any atom is 0.190 e. The monoisotopic (exact) mass is 300 g/mol. The fraction of sp³-hybridized carbons (Fsp3) is 0.0625. The largest absolute Gasteiger partial charge is 0.320 e. The normalized spacial score (nSPS) is 11.8. The van der Waals surface area contributed by atoms with Crippen LogP contribution >= 0.6 is 22.9 Å². The summed E-state index contributed by atoms with van der Waals surface area (Å²) in [7, 11) is 2.03. The molecule has 4 heteroatoms. The second-order valence-electron chi connectivity index (χ2n) is 4.42. The Labute approximate surface area is 126 Å². The summed E-state index contributed by atoms with van der Waals surface area (Å²) in [4.78, 5) is 5.59. The number of hydrogen-bond acceptors (Lipinski definition) is 2. The van der Waals surface area contributed by atoms with Gasteiger partial charge in [-0.2, -0.15) is 0 Å². The van der Waals surface area contributed by atoms with Gasteiger partial charge in [0, 0.05) is 17.5 Å². The molecular formula is C16H13ClN2S. The molecule has 0 fully saturated rings. The zero-order valence-corrected chi connectivity index (χ0v) is 12.5. The van der Waals surface area contributed by atoms with Crippen LogP contribution in [0.5, 0.6) is 0 Å². The first-order valence-corrected chi connectivity index (χ1v) is 7.50. The van der Waals surface area contributed by atoms with Crippen molar-refractivity contribution in [2.24, 2.45) is 12.0 Å². The third-order valence-corrected chi connectivity index (χ3v) is 4.18. The molecule has 0 spiro atoms. The molecule has 3 rings (SSSR count). The van der Waals surface area contributed by atoms with Gasteiger partial charge >= 0.3 is 0 Å². The summed E-state index contributed by atoms with van der Waals surface area (Å²) >= 11 is 7.61. The molecule has 100 valence electrons. The highest BCUT2D eigenvalue weighted by Gasteiger charge is 2.03. The van der Waals surface area contributed by atoms with E-state index in [0.29, 0.717) is 5.02 Å². The van der Waals surface area contributed by atoms with Gasteiger partial charge in [-0.3, -0.25) is 0 Å². The SMILES string of the molecule is Cn1c(-c2ccccc2)csc1=Nc1cccc(Cl)c1. The summed E-state index contributed by atoms with van der Waals surface area (Å²) in [6, 6.07) is 17.9. The minimum absolute atomic E-state index is 0.703. The lowest BCUT2D eigenvalue weighted by Gasteiger charge is -2.02. The van der Waals surface area contributed by atoms with E-state index in [1.54, 1.807) is 11.3 Å². The molecule has 0 bridgehead atoms. The Hall–Kier alpha value is -1.84. The van der Waals surface area contributed by atoms with E-state index >= 15 is 0 Å². The molecule has 0 amide bonds. The van der Waals surface area contributed by atoms with Crippen molar-refractivity contribution < 1.29 is 0 Å². The fourth-order valence-electron chi connectivity index (χ4n) is 2.00. The highest BCUT2D eigenvalue weighted by Crippen LogP contribution is 2.20. The highest BCUT2D eigenvalue weighted by atomic mass is 35.5.